The summed E-state index contributed by atoms with van der Waals surface area (Å²) in [5, 5.41) is 0. The monoisotopic (exact) mass is 400 g/mol. The van der Waals surface area contributed by atoms with Gasteiger partial charge in [0.25, 0.3) is 0 Å². The van der Waals surface area contributed by atoms with Crippen molar-refractivity contribution in [2.45, 2.75) is 0 Å². The molecule has 5 aromatic rings. The highest BCUT2D eigenvalue weighted by molar-refractivity contribution is 5.70. The van der Waals surface area contributed by atoms with Crippen LogP contribution in [0.3, 0.4) is 0 Å². The molecule has 0 saturated carbocycles. The topological polar surface area (TPSA) is 7.76 Å². The average molecular weight is 401 g/mol. The van der Waals surface area contributed by atoms with Crippen molar-refractivity contribution in [1.29, 1.82) is 0 Å². The predicted molar refractivity (Wildman–Crippen MR) is 125 cm³/mol. The third-order valence-electron chi connectivity index (χ3n) is 5.63. The molecule has 0 amide bonds. The summed E-state index contributed by atoms with van der Waals surface area (Å²) in [7, 11) is 2.03. The van der Waals surface area contributed by atoms with Crippen molar-refractivity contribution < 1.29 is 9.13 Å². The van der Waals surface area contributed by atoms with Gasteiger partial charge in [-0.2, -0.15) is 4.57 Å². The summed E-state index contributed by atoms with van der Waals surface area (Å²) in [6.45, 7) is 0. The molecule has 0 aliphatic heterocycles. The van der Waals surface area contributed by atoms with Gasteiger partial charge in [-0.05, 0) is 45.5 Å². The van der Waals surface area contributed by atoms with Crippen LogP contribution in [0.25, 0.3) is 39.1 Å². The molecule has 0 bridgehead atoms. The smallest absolute Gasteiger partial charge is 0.208 e. The van der Waals surface area contributed by atoms with Gasteiger partial charge in [0, 0.05) is 36.4 Å². The van der Waals surface area contributed by atoms with Gasteiger partial charge in [-0.1, -0.05) is 54.6 Å². The number of pyridine rings is 2. The van der Waals surface area contributed by atoms with E-state index >= 15 is 0 Å². The molecule has 0 fully saturated rings. The Kier molecular flexibility index (Phi) is 5.12. The number of hydrogen-bond donors (Lipinski definition) is 0. The third-order valence-corrected chi connectivity index (χ3v) is 5.63. The average Bonchev–Trinajstić information content (AvgIpc) is 2.85. The first-order chi connectivity index (χ1) is 15.3. The minimum absolute atomic E-state index is 1.15. The number of nitrogens with zero attached hydrogens (tertiary/aromatic N) is 2. The highest BCUT2D eigenvalue weighted by atomic mass is 14.9. The third kappa shape index (κ3) is 4.15. The van der Waals surface area contributed by atoms with E-state index in [1.807, 2.05) is 17.7 Å². The van der Waals surface area contributed by atoms with Crippen molar-refractivity contribution >= 4 is 0 Å². The van der Waals surface area contributed by atoms with E-state index in [2.05, 4.69) is 126 Å². The molecule has 0 unspecified atom stereocenters. The quantitative estimate of drug-likeness (QED) is 0.337. The summed E-state index contributed by atoms with van der Waals surface area (Å²) in [4.78, 5) is 0. The van der Waals surface area contributed by atoms with Crippen LogP contribution >= 0.6 is 0 Å². The second kappa shape index (κ2) is 8.37. The fourth-order valence-corrected chi connectivity index (χ4v) is 3.80. The lowest BCUT2D eigenvalue weighted by atomic mass is 10.0. The van der Waals surface area contributed by atoms with E-state index < -0.39 is 0 Å². The highest BCUT2D eigenvalue weighted by Crippen LogP contribution is 2.25. The Hall–Kier alpha value is -4.04. The van der Waals surface area contributed by atoms with Gasteiger partial charge >= 0.3 is 0 Å². The van der Waals surface area contributed by atoms with Crippen LogP contribution in [0.5, 0.6) is 0 Å². The molecule has 3 aromatic carbocycles. The molecule has 5 rings (SSSR count). The zero-order valence-electron chi connectivity index (χ0n) is 17.5. The zero-order chi connectivity index (χ0) is 21.0. The summed E-state index contributed by atoms with van der Waals surface area (Å²) in [5.74, 6) is 0. The van der Waals surface area contributed by atoms with Crippen LogP contribution in [-0.2, 0) is 7.05 Å². The van der Waals surface area contributed by atoms with Gasteiger partial charge in [0.15, 0.2) is 24.8 Å². The molecule has 148 valence electrons. The summed E-state index contributed by atoms with van der Waals surface area (Å²) in [6.07, 6.45) is 8.38. The van der Waals surface area contributed by atoms with E-state index in [1.165, 1.54) is 33.4 Å². The minimum atomic E-state index is 1.15. The Morgan fingerprint density at radius 3 is 1.29 bits per heavy atom. The van der Waals surface area contributed by atoms with E-state index in [4.69, 9.17) is 0 Å². The van der Waals surface area contributed by atoms with Crippen molar-refractivity contribution in [2.24, 2.45) is 7.05 Å². The lowest BCUT2D eigenvalue weighted by Crippen LogP contribution is -2.29. The summed E-state index contributed by atoms with van der Waals surface area (Å²) >= 11 is 0. The van der Waals surface area contributed by atoms with Crippen LogP contribution in [0.4, 0.5) is 0 Å². The van der Waals surface area contributed by atoms with Crippen molar-refractivity contribution in [2.75, 3.05) is 0 Å². The van der Waals surface area contributed by atoms with Gasteiger partial charge in [0.1, 0.15) is 7.05 Å². The molecule has 0 aliphatic rings. The first-order valence-corrected chi connectivity index (χ1v) is 10.5. The molecule has 2 heterocycles. The fourth-order valence-electron chi connectivity index (χ4n) is 3.80. The first-order valence-electron chi connectivity index (χ1n) is 10.5. The summed E-state index contributed by atoms with van der Waals surface area (Å²) < 4.78 is 4.19. The molecule has 0 spiro atoms. The van der Waals surface area contributed by atoms with E-state index in [9.17, 15) is 0 Å². The Morgan fingerprint density at radius 2 is 0.774 bits per heavy atom. The molecular formula is C29H24N2+2. The van der Waals surface area contributed by atoms with Crippen molar-refractivity contribution in [3.63, 3.8) is 0 Å². The normalized spacial score (nSPS) is 10.7. The number of aryl methyl sites for hydroxylation is 1. The number of benzene rings is 3. The lowest BCUT2D eigenvalue weighted by Gasteiger charge is -2.05. The maximum atomic E-state index is 2.19. The predicted octanol–water partition coefficient (Wildman–Crippen LogP) is 5.79. The van der Waals surface area contributed by atoms with Crippen molar-refractivity contribution in [3.8, 4) is 39.1 Å². The van der Waals surface area contributed by atoms with Crippen LogP contribution in [0.2, 0.25) is 0 Å². The van der Waals surface area contributed by atoms with E-state index in [1.54, 1.807) is 0 Å². The Balaban J connectivity index is 1.34. The van der Waals surface area contributed by atoms with Gasteiger partial charge in [0.2, 0.25) is 5.69 Å². The molecule has 0 atom stereocenters. The van der Waals surface area contributed by atoms with Crippen LogP contribution in [-0.4, -0.2) is 0 Å². The van der Waals surface area contributed by atoms with Gasteiger partial charge in [0.05, 0.1) is 0 Å². The van der Waals surface area contributed by atoms with Crippen LogP contribution < -0.4 is 9.13 Å². The van der Waals surface area contributed by atoms with Gasteiger partial charge in [-0.25, -0.2) is 4.57 Å². The number of aromatic nitrogens is 2. The number of rotatable bonds is 4. The van der Waals surface area contributed by atoms with E-state index in [-0.39, 0.29) is 0 Å². The van der Waals surface area contributed by atoms with Crippen molar-refractivity contribution in [3.05, 3.63) is 128 Å². The SMILES string of the molecule is C[n+]1ccc(-c2cc[n+](-c3ccc(-c4ccc(-c5ccccc5)cc4)cc3)cc2)cc1. The maximum absolute atomic E-state index is 2.19. The molecule has 0 radical (unpaired) electrons. The molecule has 0 saturated heterocycles. The van der Waals surface area contributed by atoms with Gasteiger partial charge in [-0.3, -0.25) is 0 Å². The highest BCUT2D eigenvalue weighted by Gasteiger charge is 2.08. The largest absolute Gasteiger partial charge is 0.210 e. The molecule has 2 aromatic heterocycles. The molecule has 2 nitrogen and oxygen atoms in total. The van der Waals surface area contributed by atoms with Crippen molar-refractivity contribution in [1.82, 2.24) is 0 Å². The number of hydrogen-bond acceptors (Lipinski definition) is 0. The Bertz CT molecular complexity index is 1270. The van der Waals surface area contributed by atoms with Crippen LogP contribution in [0.15, 0.2) is 128 Å². The standard InChI is InChI=1S/C29H24N2/c1-30-19-15-27(16-20-30)28-17-21-31(22-18-28)29-13-11-26(12-14-29)25-9-7-24(8-10-25)23-5-3-2-4-6-23/h2-22H,1H3/q+2. The van der Waals surface area contributed by atoms with E-state index in [0.29, 0.717) is 0 Å². The zero-order valence-corrected chi connectivity index (χ0v) is 17.5. The summed E-state index contributed by atoms with van der Waals surface area (Å²) in [6, 6.07) is 36.6. The van der Waals surface area contributed by atoms with Crippen LogP contribution in [0, 0.1) is 0 Å². The molecular weight excluding hydrogens is 376 g/mol. The Morgan fingerprint density at radius 1 is 0.387 bits per heavy atom. The molecule has 31 heavy (non-hydrogen) atoms. The second-order valence-corrected chi connectivity index (χ2v) is 7.74. The van der Waals surface area contributed by atoms with Gasteiger partial charge in [-0.15, -0.1) is 0 Å². The Labute approximate surface area is 183 Å². The first kappa shape index (κ1) is 19.0. The molecule has 2 heteroatoms. The van der Waals surface area contributed by atoms with E-state index in [0.717, 1.165) is 5.69 Å². The minimum Gasteiger partial charge on any atom is -0.208 e. The van der Waals surface area contributed by atoms with Crippen LogP contribution in [0.1, 0.15) is 0 Å². The molecule has 0 aliphatic carbocycles. The fraction of sp³-hybridized carbons (Fsp3) is 0.0345. The lowest BCUT2D eigenvalue weighted by molar-refractivity contribution is -0.671. The molecule has 0 N–H and O–H groups in total. The maximum Gasteiger partial charge on any atom is 0.210 e. The second-order valence-electron chi connectivity index (χ2n) is 7.74. The summed E-state index contributed by atoms with van der Waals surface area (Å²) in [5.41, 5.74) is 8.51. The van der Waals surface area contributed by atoms with Gasteiger partial charge < -0.3 is 0 Å².